The molecule has 0 atom stereocenters. The summed E-state index contributed by atoms with van der Waals surface area (Å²) in [6.45, 7) is 7.97. The van der Waals surface area contributed by atoms with Crippen LogP contribution in [0.1, 0.15) is 35.2 Å². The van der Waals surface area contributed by atoms with Crippen LogP contribution >= 0.6 is 46.9 Å². The first kappa shape index (κ1) is 24.4. The zero-order valence-corrected chi connectivity index (χ0v) is 20.9. The Hall–Kier alpha value is -0.900. The third-order valence-corrected chi connectivity index (χ3v) is 6.38. The SMILES string of the molecule is CCNC(=NCC1(c2ccccc2Cl)CCOCC1)NCCc1ncc(C)s1.I. The number of hydrogen-bond donors (Lipinski definition) is 2. The molecule has 8 heteroatoms. The van der Waals surface area contributed by atoms with Crippen LogP contribution in [0.3, 0.4) is 0 Å². The summed E-state index contributed by atoms with van der Waals surface area (Å²) in [5, 5.41) is 8.76. The number of rotatable bonds is 7. The van der Waals surface area contributed by atoms with Gasteiger partial charge in [-0.1, -0.05) is 29.8 Å². The fourth-order valence-electron chi connectivity index (χ4n) is 3.54. The molecule has 2 heterocycles. The largest absolute Gasteiger partial charge is 0.381 e. The van der Waals surface area contributed by atoms with E-state index in [-0.39, 0.29) is 29.4 Å². The van der Waals surface area contributed by atoms with Crippen molar-refractivity contribution in [2.75, 3.05) is 32.8 Å². The van der Waals surface area contributed by atoms with Crippen LogP contribution < -0.4 is 10.6 Å². The number of hydrogen-bond acceptors (Lipinski definition) is 4. The summed E-state index contributed by atoms with van der Waals surface area (Å²) in [5.74, 6) is 0.841. The molecule has 3 rings (SSSR count). The topological polar surface area (TPSA) is 58.5 Å². The van der Waals surface area contributed by atoms with E-state index in [1.807, 2.05) is 18.3 Å². The van der Waals surface area contributed by atoms with Crippen LogP contribution in [0.4, 0.5) is 0 Å². The van der Waals surface area contributed by atoms with Gasteiger partial charge in [-0.3, -0.25) is 4.99 Å². The summed E-state index contributed by atoms with van der Waals surface area (Å²) in [5.41, 5.74) is 1.10. The van der Waals surface area contributed by atoms with Gasteiger partial charge < -0.3 is 15.4 Å². The van der Waals surface area contributed by atoms with Crippen molar-refractivity contribution in [3.8, 4) is 0 Å². The van der Waals surface area contributed by atoms with Gasteiger partial charge in [-0.25, -0.2) is 4.98 Å². The molecule has 1 aliphatic rings. The van der Waals surface area contributed by atoms with Gasteiger partial charge in [0.2, 0.25) is 0 Å². The van der Waals surface area contributed by atoms with Crippen molar-refractivity contribution in [1.82, 2.24) is 15.6 Å². The average molecular weight is 549 g/mol. The molecule has 1 aromatic heterocycles. The predicted octanol–water partition coefficient (Wildman–Crippen LogP) is 4.57. The first-order chi connectivity index (χ1) is 13.6. The van der Waals surface area contributed by atoms with Gasteiger partial charge in [0.15, 0.2) is 5.96 Å². The molecular formula is C21H30ClIN4OS. The summed E-state index contributed by atoms with van der Waals surface area (Å²) in [6, 6.07) is 8.14. The normalized spacial score (nSPS) is 16.2. The number of thiazole rings is 1. The van der Waals surface area contributed by atoms with Crippen LogP contribution in [-0.2, 0) is 16.6 Å². The van der Waals surface area contributed by atoms with E-state index >= 15 is 0 Å². The lowest BCUT2D eigenvalue weighted by Crippen LogP contribution is -2.42. The third kappa shape index (κ3) is 6.80. The van der Waals surface area contributed by atoms with Crippen LogP contribution in [0.15, 0.2) is 35.5 Å². The molecule has 0 radical (unpaired) electrons. The number of halogens is 2. The summed E-state index contributed by atoms with van der Waals surface area (Å²) in [6.07, 6.45) is 4.68. The van der Waals surface area contributed by atoms with Gasteiger partial charge in [0, 0.05) is 54.2 Å². The van der Waals surface area contributed by atoms with Gasteiger partial charge in [0.1, 0.15) is 0 Å². The zero-order valence-electron chi connectivity index (χ0n) is 17.0. The van der Waals surface area contributed by atoms with Crippen molar-refractivity contribution in [2.24, 2.45) is 4.99 Å². The monoisotopic (exact) mass is 548 g/mol. The molecule has 1 saturated heterocycles. The summed E-state index contributed by atoms with van der Waals surface area (Å²) in [7, 11) is 0. The Balaban J connectivity index is 0.00000300. The Morgan fingerprint density at radius 2 is 2.03 bits per heavy atom. The molecule has 0 bridgehead atoms. The summed E-state index contributed by atoms with van der Waals surface area (Å²) < 4.78 is 5.63. The summed E-state index contributed by atoms with van der Waals surface area (Å²) >= 11 is 8.30. The Morgan fingerprint density at radius 3 is 2.69 bits per heavy atom. The van der Waals surface area contributed by atoms with E-state index < -0.39 is 0 Å². The van der Waals surface area contributed by atoms with Crippen molar-refractivity contribution in [1.29, 1.82) is 0 Å². The third-order valence-electron chi connectivity index (χ3n) is 5.08. The van der Waals surface area contributed by atoms with Gasteiger partial charge in [0.05, 0.1) is 11.6 Å². The molecule has 0 aliphatic carbocycles. The first-order valence-electron chi connectivity index (χ1n) is 9.89. The van der Waals surface area contributed by atoms with Crippen LogP contribution in [0, 0.1) is 6.92 Å². The highest BCUT2D eigenvalue weighted by molar-refractivity contribution is 14.0. The first-order valence-corrected chi connectivity index (χ1v) is 11.1. The molecule has 2 N–H and O–H groups in total. The van der Waals surface area contributed by atoms with Crippen LogP contribution in [-0.4, -0.2) is 43.8 Å². The predicted molar refractivity (Wildman–Crippen MR) is 133 cm³/mol. The van der Waals surface area contributed by atoms with E-state index in [0.717, 1.165) is 61.6 Å². The molecule has 0 saturated carbocycles. The second kappa shape index (κ2) is 12.1. The highest BCUT2D eigenvalue weighted by Gasteiger charge is 2.36. The highest BCUT2D eigenvalue weighted by Crippen LogP contribution is 2.38. The fraction of sp³-hybridized carbons (Fsp3) is 0.524. The Labute approximate surface area is 199 Å². The fourth-order valence-corrected chi connectivity index (χ4v) is 4.67. The summed E-state index contributed by atoms with van der Waals surface area (Å²) in [4.78, 5) is 10.6. The molecule has 0 amide bonds. The van der Waals surface area contributed by atoms with Crippen molar-refractivity contribution < 1.29 is 4.74 Å². The van der Waals surface area contributed by atoms with E-state index in [4.69, 9.17) is 21.3 Å². The molecule has 5 nitrogen and oxygen atoms in total. The van der Waals surface area contributed by atoms with E-state index in [1.54, 1.807) is 11.3 Å². The minimum atomic E-state index is -0.0780. The van der Waals surface area contributed by atoms with Crippen LogP contribution in [0.2, 0.25) is 5.02 Å². The number of nitrogens with zero attached hydrogens (tertiary/aromatic N) is 2. The number of guanidine groups is 1. The Bertz CT molecular complexity index is 792. The maximum atomic E-state index is 6.55. The lowest BCUT2D eigenvalue weighted by Gasteiger charge is -2.37. The minimum absolute atomic E-state index is 0. The number of aliphatic imine (C=N–C) groups is 1. The van der Waals surface area contributed by atoms with Crippen LogP contribution in [0.25, 0.3) is 0 Å². The average Bonchev–Trinajstić information content (AvgIpc) is 3.12. The second-order valence-electron chi connectivity index (χ2n) is 7.11. The van der Waals surface area contributed by atoms with Gasteiger partial charge in [-0.05, 0) is 38.3 Å². The molecule has 2 aromatic rings. The number of benzene rings is 1. The Morgan fingerprint density at radius 1 is 1.28 bits per heavy atom. The van der Waals surface area contributed by atoms with E-state index in [0.29, 0.717) is 6.54 Å². The van der Waals surface area contributed by atoms with E-state index in [2.05, 4.69) is 41.6 Å². The molecule has 1 aliphatic heterocycles. The molecular weight excluding hydrogens is 519 g/mol. The van der Waals surface area contributed by atoms with Gasteiger partial charge in [-0.15, -0.1) is 35.3 Å². The maximum Gasteiger partial charge on any atom is 0.191 e. The smallest absolute Gasteiger partial charge is 0.191 e. The lowest BCUT2D eigenvalue weighted by molar-refractivity contribution is 0.0531. The lowest BCUT2D eigenvalue weighted by atomic mass is 9.74. The van der Waals surface area contributed by atoms with Crippen molar-refractivity contribution >= 4 is 52.9 Å². The molecule has 0 unspecified atom stereocenters. The number of ether oxygens (including phenoxy) is 1. The van der Waals surface area contributed by atoms with E-state index in [9.17, 15) is 0 Å². The molecule has 0 spiro atoms. The maximum absolute atomic E-state index is 6.55. The molecule has 1 fully saturated rings. The van der Waals surface area contributed by atoms with Gasteiger partial charge in [-0.2, -0.15) is 0 Å². The van der Waals surface area contributed by atoms with Gasteiger partial charge >= 0.3 is 0 Å². The van der Waals surface area contributed by atoms with E-state index in [1.165, 1.54) is 10.4 Å². The molecule has 1 aromatic carbocycles. The van der Waals surface area contributed by atoms with Crippen molar-refractivity contribution in [3.05, 3.63) is 50.9 Å². The van der Waals surface area contributed by atoms with Gasteiger partial charge in [0.25, 0.3) is 0 Å². The standard InChI is InChI=1S/C21H29ClN4OS.HI/c1-3-23-20(24-11-8-19-25-14-16(2)28-19)26-15-21(9-12-27-13-10-21)17-6-4-5-7-18(17)22;/h4-7,14H,3,8-13,15H2,1-2H3,(H2,23,24,26);1H. The molecule has 160 valence electrons. The quantitative estimate of drug-likeness (QED) is 0.302. The second-order valence-corrected chi connectivity index (χ2v) is 8.84. The van der Waals surface area contributed by atoms with Crippen LogP contribution in [0.5, 0.6) is 0 Å². The Kier molecular flexibility index (Phi) is 10.1. The minimum Gasteiger partial charge on any atom is -0.381 e. The van der Waals surface area contributed by atoms with Crippen molar-refractivity contribution in [3.63, 3.8) is 0 Å². The van der Waals surface area contributed by atoms with Crippen molar-refractivity contribution in [2.45, 2.75) is 38.5 Å². The molecule has 29 heavy (non-hydrogen) atoms. The number of nitrogens with one attached hydrogen (secondary N) is 2. The zero-order chi connectivity index (χ0) is 19.8. The number of aryl methyl sites for hydroxylation is 1. The number of aromatic nitrogens is 1. The highest BCUT2D eigenvalue weighted by atomic mass is 127.